The van der Waals surface area contributed by atoms with Crippen molar-refractivity contribution in [2.45, 2.75) is 32.4 Å². The summed E-state index contributed by atoms with van der Waals surface area (Å²) in [6.07, 6.45) is 1.64. The average Bonchev–Trinajstić information content (AvgIpc) is 3.46. The van der Waals surface area contributed by atoms with Crippen LogP contribution in [0.25, 0.3) is 21.0 Å². The van der Waals surface area contributed by atoms with Crippen LogP contribution in [0.15, 0.2) is 47.3 Å². The molecular weight excluding hydrogens is 491 g/mol. The summed E-state index contributed by atoms with van der Waals surface area (Å²) < 4.78 is 25.7. The highest BCUT2D eigenvalue weighted by Gasteiger charge is 2.28. The minimum absolute atomic E-state index is 0.0851. The summed E-state index contributed by atoms with van der Waals surface area (Å²) in [6.45, 7) is 3.50. The molecule has 1 fully saturated rings. The minimum atomic E-state index is -0.389. The maximum atomic E-state index is 13.7. The maximum absolute atomic E-state index is 13.7. The Kier molecular flexibility index (Phi) is 6.77. The number of aromatic amines is 1. The first-order chi connectivity index (χ1) is 16.9. The molecule has 0 bridgehead atoms. The summed E-state index contributed by atoms with van der Waals surface area (Å²) in [5.74, 6) is 0.00370. The van der Waals surface area contributed by atoms with Gasteiger partial charge < -0.3 is 19.4 Å². The Bertz CT molecular complexity index is 1460. The van der Waals surface area contributed by atoms with Gasteiger partial charge in [-0.25, -0.2) is 4.39 Å². The number of H-pyrrole nitrogens is 1. The highest BCUT2D eigenvalue weighted by atomic mass is 35.5. The molecule has 4 aromatic rings. The number of fused-ring (bicyclic) bond motifs is 2. The summed E-state index contributed by atoms with van der Waals surface area (Å²) in [7, 11) is 0. The van der Waals surface area contributed by atoms with Crippen molar-refractivity contribution in [1.29, 1.82) is 0 Å². The average molecular weight is 515 g/mol. The zero-order chi connectivity index (χ0) is 24.5. The number of carbonyl (C=O) groups excluding carboxylic acids is 1. The van der Waals surface area contributed by atoms with E-state index in [1.807, 2.05) is 13.0 Å². The SMILES string of the molecule is CCOc1ccc2[nH]c(=O)c(CN(CC3CCCO3)C(=O)c3sc4cc(F)ccc4c3Cl)cc2c1. The number of aromatic nitrogens is 1. The number of halogens is 2. The van der Waals surface area contributed by atoms with E-state index >= 15 is 0 Å². The van der Waals surface area contributed by atoms with E-state index in [9.17, 15) is 14.0 Å². The van der Waals surface area contributed by atoms with E-state index in [-0.39, 0.29) is 29.9 Å². The standard InChI is InChI=1S/C26H24ClFN2O4S/c1-2-33-18-6-8-21-15(11-18)10-16(25(31)29-21)13-30(14-19-4-3-9-34-19)26(32)24-23(27)20-7-5-17(28)12-22(20)35-24/h5-8,10-12,19H,2-4,9,13-14H2,1H3,(H,29,31). The largest absolute Gasteiger partial charge is 0.494 e. The Morgan fingerprint density at radius 2 is 2.14 bits per heavy atom. The van der Waals surface area contributed by atoms with Crippen LogP contribution >= 0.6 is 22.9 Å². The van der Waals surface area contributed by atoms with Crippen molar-refractivity contribution in [3.63, 3.8) is 0 Å². The predicted molar refractivity (Wildman–Crippen MR) is 136 cm³/mol. The van der Waals surface area contributed by atoms with Gasteiger partial charge in [0.25, 0.3) is 11.5 Å². The summed E-state index contributed by atoms with van der Waals surface area (Å²) in [4.78, 5) is 31.4. The molecule has 0 saturated carbocycles. The molecule has 1 atom stereocenters. The van der Waals surface area contributed by atoms with Crippen molar-refractivity contribution < 1.29 is 18.7 Å². The monoisotopic (exact) mass is 514 g/mol. The third kappa shape index (κ3) is 4.91. The lowest BCUT2D eigenvalue weighted by molar-refractivity contribution is 0.0510. The number of ether oxygens (including phenoxy) is 2. The van der Waals surface area contributed by atoms with Gasteiger partial charge in [0.1, 0.15) is 16.4 Å². The molecule has 0 aliphatic carbocycles. The number of pyridine rings is 1. The molecule has 5 rings (SSSR count). The van der Waals surface area contributed by atoms with E-state index < -0.39 is 0 Å². The zero-order valence-electron chi connectivity index (χ0n) is 19.1. The fourth-order valence-corrected chi connectivity index (χ4v) is 5.89. The van der Waals surface area contributed by atoms with Crippen LogP contribution in [0.2, 0.25) is 5.02 Å². The molecular formula is C26H24ClFN2O4S. The van der Waals surface area contributed by atoms with Crippen molar-refractivity contribution in [2.24, 2.45) is 0 Å². The Hall–Kier alpha value is -2.94. The zero-order valence-corrected chi connectivity index (χ0v) is 20.7. The first kappa shape index (κ1) is 23.8. The second-order valence-corrected chi connectivity index (χ2v) is 9.94. The van der Waals surface area contributed by atoms with Gasteiger partial charge in [-0.05, 0) is 62.2 Å². The third-order valence-electron chi connectivity index (χ3n) is 6.09. The Labute approximate surface area is 210 Å². The molecule has 3 heterocycles. The summed E-state index contributed by atoms with van der Waals surface area (Å²) in [5.41, 5.74) is 0.867. The van der Waals surface area contributed by atoms with Crippen LogP contribution in [0.4, 0.5) is 4.39 Å². The summed E-state index contributed by atoms with van der Waals surface area (Å²) in [6, 6.07) is 11.5. The molecule has 2 aromatic carbocycles. The van der Waals surface area contributed by atoms with Crippen molar-refractivity contribution in [3.8, 4) is 5.75 Å². The number of thiophene rings is 1. The van der Waals surface area contributed by atoms with E-state index in [2.05, 4.69) is 4.98 Å². The van der Waals surface area contributed by atoms with E-state index in [1.54, 1.807) is 29.2 Å². The molecule has 1 amide bonds. The lowest BCUT2D eigenvalue weighted by Crippen LogP contribution is -2.38. The van der Waals surface area contributed by atoms with Crippen LogP contribution in [-0.2, 0) is 11.3 Å². The number of carbonyl (C=O) groups is 1. The number of nitrogens with one attached hydrogen (secondary N) is 1. The minimum Gasteiger partial charge on any atom is -0.494 e. The number of hydrogen-bond acceptors (Lipinski definition) is 5. The predicted octanol–water partition coefficient (Wildman–Crippen LogP) is 5.76. The van der Waals surface area contributed by atoms with Crippen LogP contribution < -0.4 is 10.3 Å². The molecule has 1 unspecified atom stereocenters. The Morgan fingerprint density at radius 1 is 1.29 bits per heavy atom. The number of benzene rings is 2. The van der Waals surface area contributed by atoms with Gasteiger partial charge in [0.15, 0.2) is 0 Å². The number of rotatable bonds is 7. The van der Waals surface area contributed by atoms with E-state index in [4.69, 9.17) is 21.1 Å². The van der Waals surface area contributed by atoms with Gasteiger partial charge in [-0.2, -0.15) is 0 Å². The molecule has 35 heavy (non-hydrogen) atoms. The smallest absolute Gasteiger partial charge is 0.265 e. The van der Waals surface area contributed by atoms with Gasteiger partial charge in [0, 0.05) is 39.7 Å². The van der Waals surface area contributed by atoms with Crippen molar-refractivity contribution in [2.75, 3.05) is 19.8 Å². The van der Waals surface area contributed by atoms with Crippen molar-refractivity contribution in [1.82, 2.24) is 9.88 Å². The number of amides is 1. The second-order valence-electron chi connectivity index (χ2n) is 8.51. The quantitative estimate of drug-likeness (QED) is 0.340. The van der Waals surface area contributed by atoms with Crippen molar-refractivity contribution >= 4 is 49.8 Å². The van der Waals surface area contributed by atoms with Crippen LogP contribution in [0.1, 0.15) is 35.0 Å². The number of nitrogens with zero attached hydrogens (tertiary/aromatic N) is 1. The highest BCUT2D eigenvalue weighted by Crippen LogP contribution is 2.37. The molecule has 1 aliphatic rings. The highest BCUT2D eigenvalue weighted by molar-refractivity contribution is 7.21. The molecule has 6 nitrogen and oxygen atoms in total. The van der Waals surface area contributed by atoms with Gasteiger partial charge in [-0.15, -0.1) is 11.3 Å². The summed E-state index contributed by atoms with van der Waals surface area (Å²) >= 11 is 7.70. The maximum Gasteiger partial charge on any atom is 0.265 e. The lowest BCUT2D eigenvalue weighted by Gasteiger charge is -2.25. The van der Waals surface area contributed by atoms with Gasteiger partial charge in [-0.3, -0.25) is 9.59 Å². The number of hydrogen-bond donors (Lipinski definition) is 1. The third-order valence-corrected chi connectivity index (χ3v) is 7.73. The molecule has 0 spiro atoms. The normalized spacial score (nSPS) is 15.7. The molecule has 9 heteroatoms. The van der Waals surface area contributed by atoms with Crippen LogP contribution in [-0.4, -0.2) is 41.7 Å². The van der Waals surface area contributed by atoms with Gasteiger partial charge in [-0.1, -0.05) is 11.6 Å². The van der Waals surface area contributed by atoms with Gasteiger partial charge >= 0.3 is 0 Å². The van der Waals surface area contributed by atoms with Gasteiger partial charge in [0.05, 0.1) is 24.3 Å². The van der Waals surface area contributed by atoms with Gasteiger partial charge in [0.2, 0.25) is 0 Å². The molecule has 1 N–H and O–H groups in total. The second kappa shape index (κ2) is 9.97. The molecule has 1 saturated heterocycles. The first-order valence-electron chi connectivity index (χ1n) is 11.5. The molecule has 1 aliphatic heterocycles. The molecule has 182 valence electrons. The topological polar surface area (TPSA) is 71.6 Å². The molecule has 2 aromatic heterocycles. The van der Waals surface area contributed by atoms with Crippen LogP contribution in [0, 0.1) is 5.82 Å². The van der Waals surface area contributed by atoms with E-state index in [0.717, 1.165) is 29.6 Å². The van der Waals surface area contributed by atoms with Crippen molar-refractivity contribution in [3.05, 3.63) is 74.1 Å². The Balaban J connectivity index is 1.51. The fraction of sp³-hybridized carbons (Fsp3) is 0.308. The Morgan fingerprint density at radius 3 is 2.91 bits per heavy atom. The lowest BCUT2D eigenvalue weighted by atomic mass is 10.1. The summed E-state index contributed by atoms with van der Waals surface area (Å²) in [5, 5.41) is 1.73. The first-order valence-corrected chi connectivity index (χ1v) is 12.7. The molecule has 0 radical (unpaired) electrons. The van der Waals surface area contributed by atoms with E-state index in [1.165, 1.54) is 12.1 Å². The van der Waals surface area contributed by atoms with Crippen LogP contribution in [0.3, 0.4) is 0 Å². The van der Waals surface area contributed by atoms with E-state index in [0.29, 0.717) is 56.6 Å². The fourth-order valence-electron chi connectivity index (χ4n) is 4.38. The van der Waals surface area contributed by atoms with Crippen LogP contribution in [0.5, 0.6) is 5.75 Å².